The highest BCUT2D eigenvalue weighted by molar-refractivity contribution is 8.01. The maximum Gasteiger partial charge on any atom is 0.234 e. The molecule has 28 heavy (non-hydrogen) atoms. The van der Waals surface area contributed by atoms with Crippen LogP contribution in [0.4, 0.5) is 16.5 Å². The van der Waals surface area contributed by atoms with Crippen molar-refractivity contribution in [3.8, 4) is 5.75 Å². The van der Waals surface area contributed by atoms with Crippen molar-refractivity contribution in [1.82, 2.24) is 10.2 Å². The second-order valence-electron chi connectivity index (χ2n) is 6.32. The summed E-state index contributed by atoms with van der Waals surface area (Å²) in [6, 6.07) is 15.5. The van der Waals surface area contributed by atoms with Gasteiger partial charge in [0.25, 0.3) is 0 Å². The fourth-order valence-corrected chi connectivity index (χ4v) is 4.05. The molecule has 8 heteroatoms. The third-order valence-corrected chi connectivity index (χ3v) is 5.89. The quantitative estimate of drug-likeness (QED) is 0.497. The molecule has 0 saturated heterocycles. The van der Waals surface area contributed by atoms with Crippen LogP contribution in [0.1, 0.15) is 25.3 Å². The van der Waals surface area contributed by atoms with Gasteiger partial charge in [0, 0.05) is 5.69 Å². The van der Waals surface area contributed by atoms with Gasteiger partial charge >= 0.3 is 0 Å². The van der Waals surface area contributed by atoms with Crippen molar-refractivity contribution in [2.24, 2.45) is 0 Å². The minimum absolute atomic E-state index is 0.0691. The summed E-state index contributed by atoms with van der Waals surface area (Å²) in [4.78, 5) is 12.2. The van der Waals surface area contributed by atoms with Gasteiger partial charge in [0.1, 0.15) is 5.75 Å². The topological polar surface area (TPSA) is 76.1 Å². The number of carbonyl (C=O) groups excluding carboxylic acids is 1. The van der Waals surface area contributed by atoms with E-state index in [1.807, 2.05) is 42.5 Å². The number of ether oxygens (including phenoxy) is 1. The fraction of sp³-hybridized carbons (Fsp3) is 0.250. The maximum atomic E-state index is 12.2. The van der Waals surface area contributed by atoms with E-state index in [-0.39, 0.29) is 11.7 Å². The molecule has 0 bridgehead atoms. The van der Waals surface area contributed by atoms with Crippen LogP contribution >= 0.6 is 23.1 Å². The summed E-state index contributed by atoms with van der Waals surface area (Å²) in [5.41, 5.74) is 2.83. The Bertz CT molecular complexity index is 943. The Kier molecular flexibility index (Phi) is 6.89. The van der Waals surface area contributed by atoms with Crippen molar-refractivity contribution in [1.29, 1.82) is 0 Å². The Morgan fingerprint density at radius 2 is 2.00 bits per heavy atom. The van der Waals surface area contributed by atoms with Crippen molar-refractivity contribution in [2.75, 3.05) is 23.5 Å². The number of nitrogens with one attached hydrogen (secondary N) is 2. The monoisotopic (exact) mass is 414 g/mol. The lowest BCUT2D eigenvalue weighted by molar-refractivity contribution is -0.113. The summed E-state index contributed by atoms with van der Waals surface area (Å²) in [5, 5.41) is 15.0. The molecule has 1 heterocycles. The minimum atomic E-state index is -0.0691. The summed E-state index contributed by atoms with van der Waals surface area (Å²) in [6.07, 6.45) is 0. The van der Waals surface area contributed by atoms with Crippen molar-refractivity contribution < 1.29 is 9.53 Å². The number of rotatable bonds is 8. The average Bonchev–Trinajstić information content (AvgIpc) is 3.14. The zero-order valence-electron chi connectivity index (χ0n) is 15.9. The lowest BCUT2D eigenvalue weighted by Gasteiger charge is -2.09. The van der Waals surface area contributed by atoms with Crippen LogP contribution in [0, 0.1) is 0 Å². The van der Waals surface area contributed by atoms with Crippen molar-refractivity contribution >= 4 is 45.5 Å². The number of anilines is 3. The molecule has 0 spiro atoms. The van der Waals surface area contributed by atoms with Crippen molar-refractivity contribution in [3.63, 3.8) is 0 Å². The molecule has 3 aromatic rings. The second kappa shape index (κ2) is 9.57. The molecule has 0 atom stereocenters. The molecule has 0 aliphatic heterocycles. The number of hydrogen-bond donors (Lipinski definition) is 2. The summed E-state index contributed by atoms with van der Waals surface area (Å²) in [7, 11) is 1.62. The molecule has 1 amide bonds. The van der Waals surface area contributed by atoms with Gasteiger partial charge in [0.2, 0.25) is 11.0 Å². The molecular formula is C20H22N4O2S2. The Morgan fingerprint density at radius 3 is 2.79 bits per heavy atom. The van der Waals surface area contributed by atoms with Crippen LogP contribution in [-0.4, -0.2) is 29.0 Å². The average molecular weight is 415 g/mol. The number of methoxy groups -OCH3 is 1. The molecule has 0 fully saturated rings. The largest absolute Gasteiger partial charge is 0.495 e. The van der Waals surface area contributed by atoms with Gasteiger partial charge in [-0.3, -0.25) is 4.79 Å². The van der Waals surface area contributed by atoms with Crippen molar-refractivity contribution in [3.05, 3.63) is 54.1 Å². The molecule has 0 unspecified atom stereocenters. The molecule has 2 N–H and O–H groups in total. The number of hydrogen-bond acceptors (Lipinski definition) is 7. The number of carbonyl (C=O) groups is 1. The second-order valence-corrected chi connectivity index (χ2v) is 8.52. The van der Waals surface area contributed by atoms with Gasteiger partial charge in [-0.1, -0.05) is 61.2 Å². The molecule has 1 aromatic heterocycles. The number of amides is 1. The first-order chi connectivity index (χ1) is 13.5. The van der Waals surface area contributed by atoms with Crippen molar-refractivity contribution in [2.45, 2.75) is 24.1 Å². The Hall–Kier alpha value is -2.58. The zero-order valence-corrected chi connectivity index (χ0v) is 17.6. The number of nitrogens with zero attached hydrogens (tertiary/aromatic N) is 2. The standard InChI is InChI=1S/C20H22N4O2S2/c1-13(2)14-7-6-8-15(11-14)21-18(25)12-27-20-24-23-19(28-20)22-16-9-4-5-10-17(16)26-3/h4-11,13H,12H2,1-3H3,(H,21,25)(H,22,23). The molecular weight excluding hydrogens is 392 g/mol. The Labute approximate surface area is 172 Å². The summed E-state index contributed by atoms with van der Waals surface area (Å²) < 4.78 is 6.04. The van der Waals surface area contributed by atoms with E-state index in [9.17, 15) is 4.79 Å². The number of benzene rings is 2. The van der Waals surface area contributed by atoms with E-state index < -0.39 is 0 Å². The fourth-order valence-electron chi connectivity index (χ4n) is 2.48. The summed E-state index contributed by atoms with van der Waals surface area (Å²) in [6.45, 7) is 4.26. The van der Waals surface area contributed by atoms with E-state index in [0.29, 0.717) is 11.0 Å². The van der Waals surface area contributed by atoms with Crippen LogP contribution in [0.5, 0.6) is 5.75 Å². The van der Waals surface area contributed by atoms with Crippen LogP contribution in [0.25, 0.3) is 0 Å². The van der Waals surface area contributed by atoms with E-state index in [2.05, 4.69) is 40.7 Å². The molecule has 0 aliphatic carbocycles. The number of aromatic nitrogens is 2. The minimum Gasteiger partial charge on any atom is -0.495 e. The highest BCUT2D eigenvalue weighted by atomic mass is 32.2. The van der Waals surface area contributed by atoms with Gasteiger partial charge in [0.05, 0.1) is 18.6 Å². The first kappa shape index (κ1) is 20.2. The van der Waals surface area contributed by atoms with E-state index in [1.165, 1.54) is 28.7 Å². The molecule has 6 nitrogen and oxygen atoms in total. The Balaban J connectivity index is 1.54. The van der Waals surface area contributed by atoms with Crippen LogP contribution in [0.2, 0.25) is 0 Å². The van der Waals surface area contributed by atoms with E-state index >= 15 is 0 Å². The molecule has 0 saturated carbocycles. The lowest BCUT2D eigenvalue weighted by Crippen LogP contribution is -2.14. The number of thioether (sulfide) groups is 1. The maximum absolute atomic E-state index is 12.2. The molecule has 0 radical (unpaired) electrons. The zero-order chi connectivity index (χ0) is 19.9. The van der Waals surface area contributed by atoms with Crippen LogP contribution in [0.3, 0.4) is 0 Å². The van der Waals surface area contributed by atoms with E-state index in [1.54, 1.807) is 7.11 Å². The van der Waals surface area contributed by atoms with Gasteiger partial charge in [-0.2, -0.15) is 0 Å². The van der Waals surface area contributed by atoms with Crippen LogP contribution < -0.4 is 15.4 Å². The smallest absolute Gasteiger partial charge is 0.234 e. The third kappa shape index (κ3) is 5.46. The highest BCUT2D eigenvalue weighted by Crippen LogP contribution is 2.31. The van der Waals surface area contributed by atoms with Gasteiger partial charge < -0.3 is 15.4 Å². The third-order valence-electron chi connectivity index (χ3n) is 3.92. The molecule has 0 aliphatic rings. The first-order valence-corrected chi connectivity index (χ1v) is 10.6. The molecule has 3 rings (SSSR count). The summed E-state index contributed by atoms with van der Waals surface area (Å²) >= 11 is 2.76. The Morgan fingerprint density at radius 1 is 1.18 bits per heavy atom. The SMILES string of the molecule is COc1ccccc1Nc1nnc(SCC(=O)Nc2cccc(C(C)C)c2)s1. The van der Waals surface area contributed by atoms with Gasteiger partial charge in [-0.15, -0.1) is 10.2 Å². The lowest BCUT2D eigenvalue weighted by atomic mass is 10.0. The van der Waals surface area contributed by atoms with Crippen LogP contribution in [0.15, 0.2) is 52.9 Å². The predicted octanol–water partition coefficient (Wildman–Crippen LogP) is 5.14. The normalized spacial score (nSPS) is 10.7. The van der Waals surface area contributed by atoms with Crippen LogP contribution in [-0.2, 0) is 4.79 Å². The van der Waals surface area contributed by atoms with Gasteiger partial charge in [-0.25, -0.2) is 0 Å². The van der Waals surface area contributed by atoms with Gasteiger partial charge in [0.15, 0.2) is 4.34 Å². The summed E-state index contributed by atoms with van der Waals surface area (Å²) in [5.74, 6) is 1.35. The first-order valence-electron chi connectivity index (χ1n) is 8.81. The predicted molar refractivity (Wildman–Crippen MR) is 116 cm³/mol. The number of para-hydroxylation sites is 2. The van der Waals surface area contributed by atoms with E-state index in [4.69, 9.17) is 4.74 Å². The van der Waals surface area contributed by atoms with E-state index in [0.717, 1.165) is 21.5 Å². The molecule has 2 aromatic carbocycles. The molecule has 146 valence electrons. The highest BCUT2D eigenvalue weighted by Gasteiger charge is 2.11. The van der Waals surface area contributed by atoms with Gasteiger partial charge in [-0.05, 0) is 35.7 Å².